The highest BCUT2D eigenvalue weighted by Gasteiger charge is 2.24. The molecule has 3 N–H and O–H groups in total. The number of pyridine rings is 1. The van der Waals surface area contributed by atoms with E-state index in [1.54, 1.807) is 53.4 Å². The van der Waals surface area contributed by atoms with Gasteiger partial charge in [-0.1, -0.05) is 50.2 Å². The Labute approximate surface area is 279 Å². The van der Waals surface area contributed by atoms with E-state index in [1.807, 2.05) is 55.0 Å². The normalized spacial score (nSPS) is 12.6. The van der Waals surface area contributed by atoms with Crippen molar-refractivity contribution in [2.24, 2.45) is 0 Å². The zero-order valence-corrected chi connectivity index (χ0v) is 27.9. The molecular formula is C36H41N7O3S. The van der Waals surface area contributed by atoms with Gasteiger partial charge in [0, 0.05) is 72.8 Å². The van der Waals surface area contributed by atoms with Gasteiger partial charge in [0.05, 0.1) is 25.0 Å². The molecule has 5 aromatic rings. The third kappa shape index (κ3) is 9.19. The summed E-state index contributed by atoms with van der Waals surface area (Å²) in [7, 11) is 1.72. The molecule has 2 aromatic carbocycles. The lowest BCUT2D eigenvalue weighted by Crippen LogP contribution is -2.48. The number of carbonyl (C=O) groups is 2. The summed E-state index contributed by atoms with van der Waals surface area (Å²) in [6, 6.07) is 16.3. The molecule has 2 atom stereocenters. The van der Waals surface area contributed by atoms with Gasteiger partial charge in [0.25, 0.3) is 11.8 Å². The fraction of sp³-hybridized carbons (Fsp3) is 0.306. The van der Waals surface area contributed by atoms with Crippen LogP contribution in [0.15, 0.2) is 91.1 Å². The molecule has 47 heavy (non-hydrogen) atoms. The number of thiazole rings is 1. The quantitative estimate of drug-likeness (QED) is 0.156. The summed E-state index contributed by atoms with van der Waals surface area (Å²) < 4.78 is 1.75. The predicted molar refractivity (Wildman–Crippen MR) is 184 cm³/mol. The number of imidazole rings is 1. The number of rotatable bonds is 14. The van der Waals surface area contributed by atoms with Crippen LogP contribution in [0.5, 0.6) is 0 Å². The van der Waals surface area contributed by atoms with Crippen LogP contribution in [-0.4, -0.2) is 67.1 Å². The van der Waals surface area contributed by atoms with E-state index in [2.05, 4.69) is 45.5 Å². The van der Waals surface area contributed by atoms with E-state index in [9.17, 15) is 14.7 Å². The lowest BCUT2D eigenvalue weighted by atomic mass is 9.99. The molecular weight excluding hydrogens is 611 g/mol. The lowest BCUT2D eigenvalue weighted by Gasteiger charge is -2.25. The van der Waals surface area contributed by atoms with Gasteiger partial charge in [-0.05, 0) is 54.2 Å². The van der Waals surface area contributed by atoms with Gasteiger partial charge in [-0.3, -0.25) is 14.6 Å². The number of nitrogens with one attached hydrogen (secondary N) is 2. The van der Waals surface area contributed by atoms with Gasteiger partial charge in [0.1, 0.15) is 5.01 Å². The maximum atomic E-state index is 13.9. The molecule has 10 nitrogen and oxygen atoms in total. The van der Waals surface area contributed by atoms with Gasteiger partial charge in [0.15, 0.2) is 0 Å². The first kappa shape index (κ1) is 33.6. The molecule has 3 heterocycles. The number of aromatic nitrogens is 4. The van der Waals surface area contributed by atoms with Crippen molar-refractivity contribution in [3.8, 4) is 5.69 Å². The Morgan fingerprint density at radius 1 is 1.02 bits per heavy atom. The summed E-state index contributed by atoms with van der Waals surface area (Å²) >= 11 is 1.50. The number of hydrogen-bond donors (Lipinski definition) is 3. The Bertz CT molecular complexity index is 1770. The number of nitrogens with zero attached hydrogens (tertiary/aromatic N) is 5. The number of aliphatic hydroxyl groups excluding tert-OH is 1. The number of amides is 2. The summed E-state index contributed by atoms with van der Waals surface area (Å²) in [5.41, 5.74) is 5.34. The zero-order valence-electron chi connectivity index (χ0n) is 27.1. The first-order valence-corrected chi connectivity index (χ1v) is 16.5. The molecule has 0 fully saturated rings. The fourth-order valence-electron chi connectivity index (χ4n) is 5.23. The average Bonchev–Trinajstić information content (AvgIpc) is 3.76. The van der Waals surface area contributed by atoms with Crippen molar-refractivity contribution in [1.29, 1.82) is 0 Å². The average molecular weight is 652 g/mol. The lowest BCUT2D eigenvalue weighted by molar-refractivity contribution is 0.0784. The highest BCUT2D eigenvalue weighted by atomic mass is 32.1. The minimum atomic E-state index is -0.897. The van der Waals surface area contributed by atoms with Crippen LogP contribution in [0.25, 0.3) is 5.69 Å². The molecule has 5 rings (SSSR count). The first-order chi connectivity index (χ1) is 22.7. The van der Waals surface area contributed by atoms with E-state index in [-0.39, 0.29) is 12.5 Å². The van der Waals surface area contributed by atoms with Crippen LogP contribution < -0.4 is 10.6 Å². The molecule has 0 aliphatic rings. The summed E-state index contributed by atoms with van der Waals surface area (Å²) in [5.74, 6) is -0.271. The molecule has 2 amide bonds. The maximum absolute atomic E-state index is 13.9. The van der Waals surface area contributed by atoms with Crippen molar-refractivity contribution < 1.29 is 14.7 Å². The van der Waals surface area contributed by atoms with Crippen LogP contribution in [0.3, 0.4) is 0 Å². The summed E-state index contributed by atoms with van der Waals surface area (Å²) in [6.07, 6.45) is 8.22. The van der Waals surface area contributed by atoms with Crippen molar-refractivity contribution in [2.45, 2.75) is 58.3 Å². The van der Waals surface area contributed by atoms with Crippen LogP contribution in [0.2, 0.25) is 0 Å². The highest BCUT2D eigenvalue weighted by molar-refractivity contribution is 7.09. The largest absolute Gasteiger partial charge is 0.390 e. The molecule has 244 valence electrons. The number of carbonyl (C=O) groups excluding carboxylic acids is 2. The Balaban J connectivity index is 1.35. The number of hydrogen-bond acceptors (Lipinski definition) is 8. The van der Waals surface area contributed by atoms with Crippen molar-refractivity contribution in [1.82, 2.24) is 35.1 Å². The van der Waals surface area contributed by atoms with E-state index in [1.165, 1.54) is 11.3 Å². The van der Waals surface area contributed by atoms with Crippen LogP contribution in [-0.2, 0) is 19.5 Å². The number of aliphatic hydroxyl groups is 1. The summed E-state index contributed by atoms with van der Waals surface area (Å²) in [5, 5.41) is 20.6. The van der Waals surface area contributed by atoms with Gasteiger partial charge in [-0.2, -0.15) is 0 Å². The summed E-state index contributed by atoms with van der Waals surface area (Å²) in [6.45, 7) is 7.31. The second-order valence-electron chi connectivity index (χ2n) is 12.0. The SMILES string of the molecule is Cc1csc(CN(C)C(=O)c2cc(C(=O)N[C@@H](Cc3ccccc3)[C@H](O)CNCc3cncc(C(C)C)c3)cc(-n3ccnc3)c2)n1. The minimum absolute atomic E-state index is 0.241. The van der Waals surface area contributed by atoms with Gasteiger partial charge < -0.3 is 25.2 Å². The van der Waals surface area contributed by atoms with Gasteiger partial charge in [0.2, 0.25) is 0 Å². The highest BCUT2D eigenvalue weighted by Crippen LogP contribution is 2.19. The third-order valence-electron chi connectivity index (χ3n) is 7.86. The van der Waals surface area contributed by atoms with Crippen molar-refractivity contribution in [2.75, 3.05) is 13.6 Å². The minimum Gasteiger partial charge on any atom is -0.390 e. The molecule has 0 spiro atoms. The molecule has 0 unspecified atom stereocenters. The smallest absolute Gasteiger partial charge is 0.254 e. The molecule has 0 aliphatic heterocycles. The predicted octanol–water partition coefficient (Wildman–Crippen LogP) is 4.92. The standard InChI is InChI=1S/C36H41N7O3S/c1-24(2)30-12-27(17-38-19-30)18-39-20-33(44)32(13-26-8-6-5-7-9-26)41-35(45)28-14-29(16-31(15-28)43-11-10-37-23-43)36(46)42(4)21-34-40-25(3)22-47-34/h5-12,14-17,19,22-24,32-33,39,44H,13,18,20-21H2,1-4H3,(H,41,45)/t32-,33+/m0/s1. The van der Waals surface area contributed by atoms with Crippen LogP contribution >= 0.6 is 11.3 Å². The van der Waals surface area contributed by atoms with Crippen LogP contribution in [0.4, 0.5) is 0 Å². The van der Waals surface area contributed by atoms with Crippen molar-refractivity contribution >= 4 is 23.2 Å². The molecule has 11 heteroatoms. The molecule has 0 saturated carbocycles. The van der Waals surface area contributed by atoms with Crippen molar-refractivity contribution in [3.63, 3.8) is 0 Å². The van der Waals surface area contributed by atoms with Crippen LogP contribution in [0.1, 0.15) is 67.9 Å². The number of aryl methyl sites for hydroxylation is 1. The van der Waals surface area contributed by atoms with E-state index < -0.39 is 18.1 Å². The summed E-state index contributed by atoms with van der Waals surface area (Å²) in [4.78, 5) is 42.1. The molecule has 0 radical (unpaired) electrons. The number of benzene rings is 2. The molecule has 0 saturated heterocycles. The Morgan fingerprint density at radius 2 is 1.81 bits per heavy atom. The van der Waals surface area contributed by atoms with Gasteiger partial charge in [-0.25, -0.2) is 9.97 Å². The monoisotopic (exact) mass is 651 g/mol. The van der Waals surface area contributed by atoms with Crippen molar-refractivity contribution in [3.05, 3.63) is 130 Å². The van der Waals surface area contributed by atoms with E-state index >= 15 is 0 Å². The van der Waals surface area contributed by atoms with E-state index in [0.29, 0.717) is 42.2 Å². The molecule has 0 aliphatic carbocycles. The van der Waals surface area contributed by atoms with Gasteiger partial charge >= 0.3 is 0 Å². The second-order valence-corrected chi connectivity index (χ2v) is 13.0. The first-order valence-electron chi connectivity index (χ1n) is 15.6. The Morgan fingerprint density at radius 3 is 2.51 bits per heavy atom. The Kier molecular flexibility index (Phi) is 11.3. The Hall–Kier alpha value is -4.71. The fourth-order valence-corrected chi connectivity index (χ4v) is 6.05. The zero-order chi connectivity index (χ0) is 33.3. The molecule has 0 bridgehead atoms. The second kappa shape index (κ2) is 15.7. The van der Waals surface area contributed by atoms with Crippen LogP contribution in [0, 0.1) is 6.92 Å². The van der Waals surface area contributed by atoms with Gasteiger partial charge in [-0.15, -0.1) is 11.3 Å². The molecule has 3 aromatic heterocycles. The third-order valence-corrected chi connectivity index (χ3v) is 8.81. The van der Waals surface area contributed by atoms with E-state index in [0.717, 1.165) is 27.4 Å². The van der Waals surface area contributed by atoms with E-state index in [4.69, 9.17) is 0 Å². The topological polar surface area (TPSA) is 125 Å². The maximum Gasteiger partial charge on any atom is 0.254 e.